The van der Waals surface area contributed by atoms with Gasteiger partial charge in [0.2, 0.25) is 0 Å². The summed E-state index contributed by atoms with van der Waals surface area (Å²) in [6.45, 7) is 38.8. The first-order valence-electron chi connectivity index (χ1n) is 31.2. The number of rotatable bonds is 2. The van der Waals surface area contributed by atoms with E-state index in [-0.39, 0.29) is 51.8 Å². The average Bonchev–Trinajstić information content (AvgIpc) is 0.772. The summed E-state index contributed by atoms with van der Waals surface area (Å²) in [6.07, 6.45) is -18.8. The number of halogens is 27. The maximum absolute atomic E-state index is 13.1. The Morgan fingerprint density at radius 2 is 0.557 bits per heavy atom. The summed E-state index contributed by atoms with van der Waals surface area (Å²) < 4.78 is 198. The number of alkyl halides is 12. The fraction of sp³-hybridized carbons (Fsp3) is 0.434. The maximum Gasteiger partial charge on any atom is 0.573 e. The Hall–Kier alpha value is -3.94. The summed E-state index contributed by atoms with van der Waals surface area (Å²) in [6, 6.07) is 18.3. The van der Waals surface area contributed by atoms with Gasteiger partial charge in [-0.2, -0.15) is 44.8 Å². The first-order valence-corrected chi connectivity index (χ1v) is 35.7. The zero-order valence-corrected chi connectivity index (χ0v) is 70.6. The number of methoxy groups -OCH3 is 1. The van der Waals surface area contributed by atoms with Crippen molar-refractivity contribution in [3.63, 3.8) is 0 Å². The van der Waals surface area contributed by atoms with Crippen LogP contribution in [0.15, 0.2) is 84.9 Å². The third kappa shape index (κ3) is 30.6. The van der Waals surface area contributed by atoms with Crippen molar-refractivity contribution in [1.82, 2.24) is 0 Å². The topological polar surface area (TPSA) is 42.2 Å². The van der Waals surface area contributed by atoms with Crippen molar-refractivity contribution in [1.29, 1.82) is 5.26 Å². The predicted octanol–water partition coefficient (Wildman–Crippen LogP) is 33.0. The minimum absolute atomic E-state index is 0.0484. The molecule has 0 radical (unpaired) electrons. The molecule has 0 saturated carbocycles. The van der Waals surface area contributed by atoms with E-state index in [0.717, 1.165) is 47.0 Å². The number of hydrogen-bond acceptors (Lipinski definition) is 3. The molecule has 7 aromatic rings. The van der Waals surface area contributed by atoms with Gasteiger partial charge >= 0.3 is 24.9 Å². The molecule has 590 valence electrons. The molecule has 7 aromatic carbocycles. The van der Waals surface area contributed by atoms with Crippen LogP contribution >= 0.6 is 139 Å². The minimum atomic E-state index is -4.80. The van der Waals surface area contributed by atoms with E-state index in [9.17, 15) is 65.9 Å². The molecule has 0 fully saturated rings. The lowest BCUT2D eigenvalue weighted by Gasteiger charge is -2.28. The molecule has 0 bridgehead atoms. The molecular weight excluding hydrogens is 1670 g/mol. The summed E-state index contributed by atoms with van der Waals surface area (Å²) in [7, 11) is 1.60. The summed E-state index contributed by atoms with van der Waals surface area (Å²) in [5, 5.41) is 12.1. The highest BCUT2D eigenvalue weighted by atomic mass is 35.5. The standard InChI is InChI=1S/C12H12F6.C11H11Cl2F3O.C11H11Cl2F3.C11H11Cl2N.C11H14Cl2O.C10H10Cl2F2.C10H11Cl2F/c1-10(2,3)9-7(11(13,14)15)5-4-6-8(9)12(16,17)18;1-10(2,3)9-7(12)4-6(5-8(9)13)17-11(14,15)16;1-10(2,3)9-7(12)4-6(5-8(9)13)11(14,15)16;1-11(2,3)10-8(12)4-7(6-14)5-9(10)13;1-11(2,3)10-8(12)5-7(14-4)6-9(10)13;1-10(2,3)7-8(11)5(13)4-6(14)9(7)12;1-10(2,3)9-7(11)4-6(13)5-8(9)12/h4-6H,1-3H3;4-5H,1-3H3;4-5H,1-3H3;4-5H,1-3H3;5-6H,1-4H3;4H,1-3H3;4-5H,1-3H3. The van der Waals surface area contributed by atoms with Gasteiger partial charge in [0.15, 0.2) is 0 Å². The SMILES string of the molecule is CC(C)(C)c1c(C(F)(F)F)cccc1C(F)(F)F.CC(C)(C)c1c(Cl)c(F)cc(F)c1Cl.CC(C)(C)c1c(Cl)cc(C#N)cc1Cl.CC(C)(C)c1c(Cl)cc(C(F)(F)F)cc1Cl.CC(C)(C)c1c(Cl)cc(F)cc1Cl.CC(C)(C)c1c(Cl)cc(OC(F)(F)F)cc1Cl.COc1cc(Cl)c(C(C)(C)C)c(Cl)c1. The van der Waals surface area contributed by atoms with Gasteiger partial charge < -0.3 is 9.47 Å². The molecule has 0 aromatic heterocycles. The Balaban J connectivity index is 0.000000620. The summed E-state index contributed by atoms with van der Waals surface area (Å²) in [5.74, 6) is -1.69. The van der Waals surface area contributed by atoms with E-state index in [0.29, 0.717) is 76.3 Å². The Kier molecular flexibility index (Phi) is 35.9. The summed E-state index contributed by atoms with van der Waals surface area (Å²) >= 11 is 71.2. The van der Waals surface area contributed by atoms with Crippen molar-refractivity contribution in [2.75, 3.05) is 7.11 Å². The Morgan fingerprint density at radius 1 is 0.311 bits per heavy atom. The molecule has 3 nitrogen and oxygen atoms in total. The molecule has 0 aliphatic rings. The van der Waals surface area contributed by atoms with Crippen molar-refractivity contribution in [2.24, 2.45) is 0 Å². The van der Waals surface area contributed by atoms with Gasteiger partial charge in [-0.3, -0.25) is 0 Å². The van der Waals surface area contributed by atoms with Crippen molar-refractivity contribution >= 4 is 139 Å². The largest absolute Gasteiger partial charge is 0.573 e. The van der Waals surface area contributed by atoms with E-state index < -0.39 is 86.6 Å². The highest BCUT2D eigenvalue weighted by molar-refractivity contribution is 6.39. The van der Waals surface area contributed by atoms with Gasteiger partial charge in [0, 0.05) is 61.9 Å². The van der Waals surface area contributed by atoms with E-state index in [1.54, 1.807) is 52.1 Å². The second-order valence-corrected chi connectivity index (χ2v) is 35.4. The molecule has 0 aliphatic carbocycles. The fourth-order valence-electron chi connectivity index (χ4n) is 9.97. The quantitative estimate of drug-likeness (QED) is 0.128. The number of ether oxygens (including phenoxy) is 2. The molecule has 0 unspecified atom stereocenters. The zero-order chi connectivity index (χ0) is 83.7. The van der Waals surface area contributed by atoms with Crippen LogP contribution in [0.3, 0.4) is 0 Å². The zero-order valence-electron chi connectivity index (χ0n) is 61.6. The lowest BCUT2D eigenvalue weighted by Crippen LogP contribution is -2.25. The highest BCUT2D eigenvalue weighted by Crippen LogP contribution is 2.47. The van der Waals surface area contributed by atoms with Gasteiger partial charge in [-0.15, -0.1) is 13.2 Å². The smallest absolute Gasteiger partial charge is 0.497 e. The number of benzene rings is 7. The van der Waals surface area contributed by atoms with Crippen LogP contribution in [-0.2, 0) is 56.4 Å². The first kappa shape index (κ1) is 100. The van der Waals surface area contributed by atoms with Crippen molar-refractivity contribution in [3.8, 4) is 17.6 Å². The van der Waals surface area contributed by atoms with E-state index >= 15 is 0 Å². The van der Waals surface area contributed by atoms with Gasteiger partial charge in [-0.05, 0) is 144 Å². The van der Waals surface area contributed by atoms with Crippen molar-refractivity contribution in [2.45, 2.75) is 208 Å². The molecule has 0 amide bonds. The third-order valence-electron chi connectivity index (χ3n) is 14.1. The number of nitriles is 1. The third-order valence-corrected chi connectivity index (χ3v) is 17.8. The molecule has 0 spiro atoms. The van der Waals surface area contributed by atoms with Crippen LogP contribution < -0.4 is 9.47 Å². The molecule has 0 atom stereocenters. The molecule has 106 heavy (non-hydrogen) atoms. The normalized spacial score (nSPS) is 12.4. The Labute approximate surface area is 671 Å². The van der Waals surface area contributed by atoms with Crippen LogP contribution in [0.2, 0.25) is 60.3 Å². The number of nitrogens with zero attached hydrogens (tertiary/aromatic N) is 1. The van der Waals surface area contributed by atoms with Crippen molar-refractivity contribution < 1.29 is 75.3 Å². The second kappa shape index (κ2) is 38.1. The fourth-order valence-corrected chi connectivity index (χ4v) is 16.1. The highest BCUT2D eigenvalue weighted by Gasteiger charge is 2.44. The minimum Gasteiger partial charge on any atom is -0.497 e. The Morgan fingerprint density at radius 3 is 0.783 bits per heavy atom. The molecule has 0 aliphatic heterocycles. The van der Waals surface area contributed by atoms with Gasteiger partial charge in [-0.1, -0.05) is 291 Å². The van der Waals surface area contributed by atoms with E-state index in [1.807, 2.05) is 89.2 Å². The van der Waals surface area contributed by atoms with Crippen LogP contribution in [0.1, 0.15) is 207 Å². The van der Waals surface area contributed by atoms with E-state index in [1.165, 1.54) is 32.9 Å². The van der Waals surface area contributed by atoms with E-state index in [2.05, 4.69) is 25.5 Å². The summed E-state index contributed by atoms with van der Waals surface area (Å²) in [4.78, 5) is 0. The van der Waals surface area contributed by atoms with Gasteiger partial charge in [0.1, 0.15) is 29.0 Å². The van der Waals surface area contributed by atoms with Crippen LogP contribution in [0, 0.1) is 28.8 Å². The molecule has 30 heteroatoms. The maximum atomic E-state index is 13.1. The lowest BCUT2D eigenvalue weighted by molar-refractivity contribution is -0.274. The molecule has 0 N–H and O–H groups in total. The van der Waals surface area contributed by atoms with Crippen LogP contribution in [0.5, 0.6) is 11.5 Å². The molecule has 7 rings (SSSR count). The van der Waals surface area contributed by atoms with Gasteiger partial charge in [-0.25, -0.2) is 13.2 Å². The molecular formula is C76H80Cl12F15NO2. The lowest BCUT2D eigenvalue weighted by atomic mass is 9.80. The van der Waals surface area contributed by atoms with Crippen LogP contribution in [0.4, 0.5) is 65.9 Å². The summed E-state index contributed by atoms with van der Waals surface area (Å²) in [5.41, 5.74) is -2.26. The predicted molar refractivity (Wildman–Crippen MR) is 409 cm³/mol. The second-order valence-electron chi connectivity index (χ2n) is 30.6. The van der Waals surface area contributed by atoms with Crippen LogP contribution in [-0.4, -0.2) is 13.5 Å². The average molecular weight is 1750 g/mol. The molecule has 0 saturated heterocycles. The Bertz CT molecular complexity index is 4040. The van der Waals surface area contributed by atoms with Crippen molar-refractivity contribution in [3.05, 3.63) is 224 Å². The van der Waals surface area contributed by atoms with Gasteiger partial charge in [0.25, 0.3) is 0 Å². The molecule has 0 heterocycles. The first-order chi connectivity index (χ1) is 47.2. The van der Waals surface area contributed by atoms with E-state index in [4.69, 9.17) is 149 Å². The monoisotopic (exact) mass is 1740 g/mol. The van der Waals surface area contributed by atoms with Crippen LogP contribution in [0.25, 0.3) is 0 Å². The number of hydrogen-bond donors (Lipinski definition) is 0. The van der Waals surface area contributed by atoms with Gasteiger partial charge in [0.05, 0.1) is 45.5 Å².